The first kappa shape index (κ1) is 18.5. The molecule has 28 heavy (non-hydrogen) atoms. The predicted octanol–water partition coefficient (Wildman–Crippen LogP) is 3.13. The van der Waals surface area contributed by atoms with E-state index in [9.17, 15) is 9.59 Å². The molecule has 0 saturated heterocycles. The minimum atomic E-state index is -0.429. The van der Waals surface area contributed by atoms with Gasteiger partial charge in [-0.3, -0.25) is 4.79 Å². The van der Waals surface area contributed by atoms with Gasteiger partial charge in [0.25, 0.3) is 5.91 Å². The molecule has 0 radical (unpaired) electrons. The van der Waals surface area contributed by atoms with E-state index in [4.69, 9.17) is 5.26 Å². The molecular formula is C20H15N5O3. The van der Waals surface area contributed by atoms with E-state index in [-0.39, 0.29) is 11.6 Å². The standard InChI is InChI=1S/C20H15N5O3/c1-28-19(27)14-5-7-15(8-6-14)24-20-22-10-9-17(25-20)18(26)23-16-4-2-3-13(11-16)12-21/h2-11H,1H3,(H,23,26)(H,22,24,25). The molecule has 0 unspecified atom stereocenters. The van der Waals surface area contributed by atoms with E-state index >= 15 is 0 Å². The molecule has 0 aliphatic carbocycles. The Labute approximate surface area is 160 Å². The molecule has 1 heterocycles. The number of rotatable bonds is 5. The lowest BCUT2D eigenvalue weighted by Crippen LogP contribution is -2.14. The van der Waals surface area contributed by atoms with Crippen molar-refractivity contribution in [2.45, 2.75) is 0 Å². The molecule has 0 spiro atoms. The lowest BCUT2D eigenvalue weighted by molar-refractivity contribution is 0.0600. The molecule has 8 nitrogen and oxygen atoms in total. The second-order valence-corrected chi connectivity index (χ2v) is 5.61. The first-order valence-corrected chi connectivity index (χ1v) is 8.19. The number of carbonyl (C=O) groups is 2. The monoisotopic (exact) mass is 373 g/mol. The lowest BCUT2D eigenvalue weighted by Gasteiger charge is -2.08. The van der Waals surface area contributed by atoms with Crippen molar-refractivity contribution in [1.29, 1.82) is 5.26 Å². The summed E-state index contributed by atoms with van der Waals surface area (Å²) in [5.41, 5.74) is 2.16. The van der Waals surface area contributed by atoms with Gasteiger partial charge in [0.05, 0.1) is 24.3 Å². The van der Waals surface area contributed by atoms with E-state index in [1.54, 1.807) is 48.5 Å². The van der Waals surface area contributed by atoms with E-state index in [0.29, 0.717) is 22.5 Å². The van der Waals surface area contributed by atoms with Gasteiger partial charge in [-0.1, -0.05) is 6.07 Å². The van der Waals surface area contributed by atoms with Crippen molar-refractivity contribution in [2.75, 3.05) is 17.7 Å². The van der Waals surface area contributed by atoms with Crippen LogP contribution < -0.4 is 10.6 Å². The zero-order valence-corrected chi connectivity index (χ0v) is 14.8. The van der Waals surface area contributed by atoms with Gasteiger partial charge < -0.3 is 15.4 Å². The Balaban J connectivity index is 1.72. The second kappa shape index (κ2) is 8.42. The van der Waals surface area contributed by atoms with Crippen LogP contribution in [-0.2, 0) is 4.74 Å². The summed E-state index contributed by atoms with van der Waals surface area (Å²) in [7, 11) is 1.31. The average molecular weight is 373 g/mol. The highest BCUT2D eigenvalue weighted by Gasteiger charge is 2.10. The summed E-state index contributed by atoms with van der Waals surface area (Å²) in [6, 6.07) is 16.6. The van der Waals surface area contributed by atoms with Crippen molar-refractivity contribution in [3.05, 3.63) is 77.6 Å². The van der Waals surface area contributed by atoms with Crippen molar-refractivity contribution >= 4 is 29.2 Å². The third-order valence-corrected chi connectivity index (χ3v) is 3.70. The van der Waals surface area contributed by atoms with Gasteiger partial charge in [-0.2, -0.15) is 5.26 Å². The minimum Gasteiger partial charge on any atom is -0.465 e. The minimum absolute atomic E-state index is 0.158. The van der Waals surface area contributed by atoms with E-state index in [2.05, 4.69) is 25.3 Å². The highest BCUT2D eigenvalue weighted by Crippen LogP contribution is 2.15. The fourth-order valence-electron chi connectivity index (χ4n) is 2.34. The molecule has 0 bridgehead atoms. The molecule has 0 aliphatic rings. The third-order valence-electron chi connectivity index (χ3n) is 3.70. The van der Waals surface area contributed by atoms with Crippen molar-refractivity contribution in [3.63, 3.8) is 0 Å². The van der Waals surface area contributed by atoms with Gasteiger partial charge in [0, 0.05) is 17.6 Å². The summed E-state index contributed by atoms with van der Waals surface area (Å²) in [4.78, 5) is 32.1. The number of nitrogens with zero attached hydrogens (tertiary/aromatic N) is 3. The van der Waals surface area contributed by atoms with Gasteiger partial charge in [-0.15, -0.1) is 0 Å². The number of esters is 1. The van der Waals surface area contributed by atoms with Crippen molar-refractivity contribution in [3.8, 4) is 6.07 Å². The number of nitrogens with one attached hydrogen (secondary N) is 2. The Hall–Kier alpha value is -4.25. The van der Waals surface area contributed by atoms with Gasteiger partial charge in [0.1, 0.15) is 5.69 Å². The van der Waals surface area contributed by atoms with E-state index in [1.165, 1.54) is 19.4 Å². The number of methoxy groups -OCH3 is 1. The zero-order valence-electron chi connectivity index (χ0n) is 14.8. The topological polar surface area (TPSA) is 117 Å². The number of hydrogen-bond acceptors (Lipinski definition) is 7. The second-order valence-electron chi connectivity index (χ2n) is 5.61. The van der Waals surface area contributed by atoms with Gasteiger partial charge in [0.15, 0.2) is 0 Å². The first-order valence-electron chi connectivity index (χ1n) is 8.19. The number of ether oxygens (including phenoxy) is 1. The summed E-state index contributed by atoms with van der Waals surface area (Å²) in [5.74, 6) is -0.632. The molecule has 3 aromatic rings. The van der Waals surface area contributed by atoms with Crippen molar-refractivity contribution in [1.82, 2.24) is 9.97 Å². The van der Waals surface area contributed by atoms with Crippen LogP contribution in [0.2, 0.25) is 0 Å². The first-order chi connectivity index (χ1) is 13.6. The molecule has 0 aliphatic heterocycles. The number of hydrogen-bond donors (Lipinski definition) is 2. The van der Waals surface area contributed by atoms with E-state index < -0.39 is 11.9 Å². The Morgan fingerprint density at radius 1 is 1.07 bits per heavy atom. The van der Waals surface area contributed by atoms with Gasteiger partial charge in [0.2, 0.25) is 5.95 Å². The largest absolute Gasteiger partial charge is 0.465 e. The number of anilines is 3. The number of benzene rings is 2. The molecule has 0 atom stereocenters. The Morgan fingerprint density at radius 2 is 1.86 bits per heavy atom. The smallest absolute Gasteiger partial charge is 0.337 e. The SMILES string of the molecule is COC(=O)c1ccc(Nc2nccc(C(=O)Nc3cccc(C#N)c3)n2)cc1. The number of amides is 1. The fraction of sp³-hybridized carbons (Fsp3) is 0.0500. The predicted molar refractivity (Wildman–Crippen MR) is 102 cm³/mol. The van der Waals surface area contributed by atoms with Crippen LogP contribution >= 0.6 is 0 Å². The fourth-order valence-corrected chi connectivity index (χ4v) is 2.34. The van der Waals surface area contributed by atoms with Crippen LogP contribution in [0.15, 0.2) is 60.8 Å². The maximum Gasteiger partial charge on any atom is 0.337 e. The number of aromatic nitrogens is 2. The summed E-state index contributed by atoms with van der Waals surface area (Å²) >= 11 is 0. The number of carbonyl (C=O) groups excluding carboxylic acids is 2. The molecular weight excluding hydrogens is 358 g/mol. The van der Waals surface area contributed by atoms with Crippen LogP contribution in [0.4, 0.5) is 17.3 Å². The molecule has 2 aromatic carbocycles. The van der Waals surface area contributed by atoms with Gasteiger partial charge in [-0.05, 0) is 48.5 Å². The highest BCUT2D eigenvalue weighted by atomic mass is 16.5. The van der Waals surface area contributed by atoms with Crippen LogP contribution in [-0.4, -0.2) is 29.0 Å². The van der Waals surface area contributed by atoms with Gasteiger partial charge in [-0.25, -0.2) is 14.8 Å². The Morgan fingerprint density at radius 3 is 2.57 bits per heavy atom. The average Bonchev–Trinajstić information content (AvgIpc) is 2.74. The maximum atomic E-state index is 12.4. The number of nitriles is 1. The maximum absolute atomic E-state index is 12.4. The van der Waals surface area contributed by atoms with Gasteiger partial charge >= 0.3 is 5.97 Å². The third kappa shape index (κ3) is 4.47. The van der Waals surface area contributed by atoms with Crippen LogP contribution in [0.25, 0.3) is 0 Å². The molecule has 2 N–H and O–H groups in total. The van der Waals surface area contributed by atoms with Crippen molar-refractivity contribution < 1.29 is 14.3 Å². The summed E-state index contributed by atoms with van der Waals surface area (Å²) in [6.07, 6.45) is 1.46. The van der Waals surface area contributed by atoms with Crippen LogP contribution in [0.1, 0.15) is 26.4 Å². The van der Waals surface area contributed by atoms with Crippen LogP contribution in [0.3, 0.4) is 0 Å². The Bertz CT molecular complexity index is 1060. The summed E-state index contributed by atoms with van der Waals surface area (Å²) in [6.45, 7) is 0. The molecule has 0 fully saturated rings. The van der Waals surface area contributed by atoms with Crippen LogP contribution in [0.5, 0.6) is 0 Å². The lowest BCUT2D eigenvalue weighted by atomic mass is 10.2. The molecule has 8 heteroatoms. The molecule has 1 aromatic heterocycles. The highest BCUT2D eigenvalue weighted by molar-refractivity contribution is 6.03. The quantitative estimate of drug-likeness (QED) is 0.660. The molecule has 3 rings (SSSR count). The van der Waals surface area contributed by atoms with Crippen LogP contribution in [0, 0.1) is 11.3 Å². The van der Waals surface area contributed by atoms with E-state index in [0.717, 1.165) is 0 Å². The zero-order chi connectivity index (χ0) is 19.9. The van der Waals surface area contributed by atoms with Crippen molar-refractivity contribution in [2.24, 2.45) is 0 Å². The normalized spacial score (nSPS) is 9.86. The van der Waals surface area contributed by atoms with E-state index in [1.807, 2.05) is 6.07 Å². The molecule has 0 saturated carbocycles. The summed E-state index contributed by atoms with van der Waals surface area (Å²) < 4.78 is 4.65. The molecule has 138 valence electrons. The Kier molecular flexibility index (Phi) is 5.58. The summed E-state index contributed by atoms with van der Waals surface area (Å²) in [5, 5.41) is 14.6. The molecule has 1 amide bonds.